The van der Waals surface area contributed by atoms with Gasteiger partial charge in [-0.25, -0.2) is 4.79 Å². The molecule has 2 aromatic rings. The minimum atomic E-state index is 0.150. The van der Waals surface area contributed by atoms with E-state index in [0.717, 1.165) is 43.8 Å². The molecule has 3 fully saturated rings. The average molecular weight is 411 g/mol. The third-order valence-electron chi connectivity index (χ3n) is 8.47. The van der Waals surface area contributed by atoms with Crippen molar-refractivity contribution < 1.29 is 0 Å². The normalized spacial score (nSPS) is 25.2. The fourth-order valence-corrected chi connectivity index (χ4v) is 6.52. The van der Waals surface area contributed by atoms with Gasteiger partial charge in [-0.3, -0.25) is 9.13 Å². The van der Waals surface area contributed by atoms with E-state index in [9.17, 15) is 4.79 Å². The van der Waals surface area contributed by atoms with Crippen LogP contribution in [0.5, 0.6) is 0 Å². The maximum absolute atomic E-state index is 13.1. The fraction of sp³-hybridized carbons (Fsp3) is 0.720. The molecule has 2 saturated heterocycles. The highest BCUT2D eigenvalue weighted by Crippen LogP contribution is 2.46. The number of piperidine rings is 2. The molecule has 5 heteroatoms. The molecule has 1 unspecified atom stereocenters. The summed E-state index contributed by atoms with van der Waals surface area (Å²) in [6.07, 6.45) is 13.0. The zero-order valence-electron chi connectivity index (χ0n) is 18.6. The molecule has 3 aliphatic rings. The topological polar surface area (TPSA) is 51.0 Å². The number of nitrogens with zero attached hydrogens (tertiary/aromatic N) is 2. The van der Waals surface area contributed by atoms with Gasteiger partial charge in [-0.05, 0) is 107 Å². The fourth-order valence-electron chi connectivity index (χ4n) is 6.52. The summed E-state index contributed by atoms with van der Waals surface area (Å²) in [6, 6.07) is 6.85. The molecule has 0 bridgehead atoms. The van der Waals surface area contributed by atoms with Gasteiger partial charge in [0.05, 0.1) is 17.1 Å². The average Bonchev–Trinajstić information content (AvgIpc) is 3.05. The predicted molar refractivity (Wildman–Crippen MR) is 123 cm³/mol. The van der Waals surface area contributed by atoms with Crippen LogP contribution in [0.1, 0.15) is 69.4 Å². The summed E-state index contributed by atoms with van der Waals surface area (Å²) in [7, 11) is 1.96. The maximum atomic E-state index is 13.1. The number of imidazole rings is 1. The molecule has 5 nitrogen and oxygen atoms in total. The van der Waals surface area contributed by atoms with Gasteiger partial charge in [-0.2, -0.15) is 0 Å². The molecule has 2 N–H and O–H groups in total. The lowest BCUT2D eigenvalue weighted by Gasteiger charge is -2.43. The van der Waals surface area contributed by atoms with Crippen LogP contribution in [0.15, 0.2) is 23.0 Å². The number of aromatic nitrogens is 2. The highest BCUT2D eigenvalue weighted by molar-refractivity contribution is 5.80. The van der Waals surface area contributed by atoms with Gasteiger partial charge in [0.2, 0.25) is 0 Å². The van der Waals surface area contributed by atoms with Gasteiger partial charge in [-0.1, -0.05) is 12.1 Å². The third-order valence-corrected chi connectivity index (χ3v) is 8.47. The summed E-state index contributed by atoms with van der Waals surface area (Å²) in [5, 5.41) is 7.00. The molecular weight excluding hydrogens is 372 g/mol. The van der Waals surface area contributed by atoms with Gasteiger partial charge in [0.25, 0.3) is 0 Å². The van der Waals surface area contributed by atoms with Crippen LogP contribution in [0.2, 0.25) is 0 Å². The number of para-hydroxylation sites is 1. The number of nitrogens with one attached hydrogen (secondary N) is 2. The quantitative estimate of drug-likeness (QED) is 0.807. The summed E-state index contributed by atoms with van der Waals surface area (Å²) < 4.78 is 3.97. The van der Waals surface area contributed by atoms with Gasteiger partial charge < -0.3 is 10.6 Å². The van der Waals surface area contributed by atoms with Crippen molar-refractivity contribution >= 4 is 11.0 Å². The Morgan fingerprint density at radius 1 is 1.03 bits per heavy atom. The Bertz CT molecular complexity index is 921. The summed E-state index contributed by atoms with van der Waals surface area (Å²) in [5.74, 6) is 0.849. The van der Waals surface area contributed by atoms with E-state index in [1.54, 1.807) is 0 Å². The predicted octanol–water partition coefficient (Wildman–Crippen LogP) is 3.76. The zero-order chi connectivity index (χ0) is 20.6. The van der Waals surface area contributed by atoms with Gasteiger partial charge in [-0.15, -0.1) is 0 Å². The lowest BCUT2D eigenvalue weighted by Crippen LogP contribution is -2.39. The van der Waals surface area contributed by atoms with Crippen molar-refractivity contribution in [2.75, 3.05) is 26.2 Å². The van der Waals surface area contributed by atoms with Crippen LogP contribution in [0.4, 0.5) is 0 Å². The van der Waals surface area contributed by atoms with Crippen LogP contribution >= 0.6 is 0 Å². The molecule has 2 aliphatic heterocycles. The second kappa shape index (κ2) is 8.51. The molecule has 164 valence electrons. The van der Waals surface area contributed by atoms with Crippen LogP contribution in [-0.2, 0) is 13.5 Å². The monoisotopic (exact) mass is 410 g/mol. The number of aryl methyl sites for hydroxylation is 2. The van der Waals surface area contributed by atoms with E-state index in [2.05, 4.69) is 33.4 Å². The first-order valence-electron chi connectivity index (χ1n) is 12.3. The summed E-state index contributed by atoms with van der Waals surface area (Å²) in [5.41, 5.74) is 4.45. The highest BCUT2D eigenvalue weighted by atomic mass is 16.1. The van der Waals surface area contributed by atoms with Gasteiger partial charge in [0.15, 0.2) is 0 Å². The molecular formula is C25H38N4O. The first-order chi connectivity index (χ1) is 14.7. The molecule has 1 spiro atoms. The number of rotatable bonds is 4. The van der Waals surface area contributed by atoms with Crippen molar-refractivity contribution in [3.8, 4) is 0 Å². The standard InChI is InChI=1S/C25H38N4O/c1-28-23-20(8-7-19-9-11-25(12-10-19)13-16-26-17-14-25)4-2-6-22(23)29(24(28)30)21-5-3-15-27-18-21/h2,4,6,19,21,26-27H,3,5,7-18H2,1H3. The Morgan fingerprint density at radius 3 is 2.57 bits per heavy atom. The van der Waals surface area contributed by atoms with Crippen molar-refractivity contribution in [3.05, 3.63) is 34.2 Å². The van der Waals surface area contributed by atoms with E-state index >= 15 is 0 Å². The van der Waals surface area contributed by atoms with Crippen molar-refractivity contribution in [1.82, 2.24) is 19.8 Å². The molecule has 5 rings (SSSR count). The van der Waals surface area contributed by atoms with Crippen molar-refractivity contribution in [3.63, 3.8) is 0 Å². The SMILES string of the molecule is Cn1c(=O)n(C2CCCNC2)c2cccc(CCC3CCC4(CCNCC4)CC3)c21. The van der Waals surface area contributed by atoms with Crippen LogP contribution in [0.25, 0.3) is 11.0 Å². The lowest BCUT2D eigenvalue weighted by molar-refractivity contribution is 0.102. The molecule has 1 aromatic carbocycles. The maximum Gasteiger partial charge on any atom is 0.329 e. The highest BCUT2D eigenvalue weighted by Gasteiger charge is 2.36. The van der Waals surface area contributed by atoms with Gasteiger partial charge in [0, 0.05) is 13.6 Å². The first-order valence-corrected chi connectivity index (χ1v) is 12.3. The Balaban J connectivity index is 1.31. The largest absolute Gasteiger partial charge is 0.329 e. The van der Waals surface area contributed by atoms with Crippen LogP contribution < -0.4 is 16.3 Å². The van der Waals surface area contributed by atoms with Gasteiger partial charge in [0.1, 0.15) is 0 Å². The Labute approximate surface area is 180 Å². The second-order valence-electron chi connectivity index (χ2n) is 10.2. The zero-order valence-corrected chi connectivity index (χ0v) is 18.6. The molecule has 3 heterocycles. The van der Waals surface area contributed by atoms with Crippen molar-refractivity contribution in [1.29, 1.82) is 0 Å². The Hall–Kier alpha value is -1.59. The van der Waals surface area contributed by atoms with E-state index < -0.39 is 0 Å². The van der Waals surface area contributed by atoms with Crippen LogP contribution in [-0.4, -0.2) is 35.3 Å². The Morgan fingerprint density at radius 2 is 1.83 bits per heavy atom. The molecule has 1 aliphatic carbocycles. The summed E-state index contributed by atoms with van der Waals surface area (Å²) in [6.45, 7) is 4.41. The van der Waals surface area contributed by atoms with E-state index in [0.29, 0.717) is 5.41 Å². The summed E-state index contributed by atoms with van der Waals surface area (Å²) >= 11 is 0. The second-order valence-corrected chi connectivity index (χ2v) is 10.2. The smallest absolute Gasteiger partial charge is 0.317 e. The van der Waals surface area contributed by atoms with E-state index in [1.165, 1.54) is 69.1 Å². The van der Waals surface area contributed by atoms with Crippen molar-refractivity contribution in [2.24, 2.45) is 18.4 Å². The van der Waals surface area contributed by atoms with E-state index in [4.69, 9.17) is 0 Å². The number of hydrogen-bond acceptors (Lipinski definition) is 3. The van der Waals surface area contributed by atoms with E-state index in [-0.39, 0.29) is 11.7 Å². The minimum Gasteiger partial charge on any atom is -0.317 e. The lowest BCUT2D eigenvalue weighted by atomic mass is 9.65. The Kier molecular flexibility index (Phi) is 5.76. The molecule has 1 saturated carbocycles. The van der Waals surface area contributed by atoms with Crippen LogP contribution in [0.3, 0.4) is 0 Å². The van der Waals surface area contributed by atoms with E-state index in [1.807, 2.05) is 11.6 Å². The molecule has 0 amide bonds. The first kappa shape index (κ1) is 20.3. The summed E-state index contributed by atoms with van der Waals surface area (Å²) in [4.78, 5) is 13.1. The molecule has 30 heavy (non-hydrogen) atoms. The van der Waals surface area contributed by atoms with Crippen LogP contribution in [0, 0.1) is 11.3 Å². The number of fused-ring (bicyclic) bond motifs is 1. The minimum absolute atomic E-state index is 0.150. The van der Waals surface area contributed by atoms with Crippen molar-refractivity contribution in [2.45, 2.75) is 70.3 Å². The molecule has 0 radical (unpaired) electrons. The third kappa shape index (κ3) is 3.75. The molecule has 1 aromatic heterocycles. The van der Waals surface area contributed by atoms with Gasteiger partial charge >= 0.3 is 5.69 Å². The molecule has 1 atom stereocenters. The number of hydrogen-bond donors (Lipinski definition) is 2. The number of benzene rings is 1.